The van der Waals surface area contributed by atoms with Crippen LogP contribution >= 0.6 is 11.3 Å². The lowest BCUT2D eigenvalue weighted by atomic mass is 10.2. The van der Waals surface area contributed by atoms with Gasteiger partial charge in [0.05, 0.1) is 4.88 Å². The average Bonchev–Trinajstić information content (AvgIpc) is 2.54. The molecule has 2 N–H and O–H groups in total. The minimum atomic E-state index is -1.21. The molecule has 0 atom stereocenters. The van der Waals surface area contributed by atoms with Crippen molar-refractivity contribution in [2.45, 2.75) is 19.8 Å². The summed E-state index contributed by atoms with van der Waals surface area (Å²) < 4.78 is 0. The van der Waals surface area contributed by atoms with Crippen molar-refractivity contribution in [3.63, 3.8) is 0 Å². The minimum Gasteiger partial charge on any atom is -0.476 e. The number of rotatable bonds is 4. The lowest BCUT2D eigenvalue weighted by Crippen LogP contribution is -2.12. The van der Waals surface area contributed by atoms with Crippen LogP contribution in [0.1, 0.15) is 23.1 Å². The third kappa shape index (κ3) is 2.32. The molecular formula is C9H11NO3S. The summed E-state index contributed by atoms with van der Waals surface area (Å²) in [5, 5.41) is 19.9. The summed E-state index contributed by atoms with van der Waals surface area (Å²) >= 11 is 1.35. The first-order valence-electron chi connectivity index (χ1n) is 4.23. The standard InChI is InChI=1S/C9H11NO3S/c1-2-3-6-4-5-7(14-6)8(10-13)9(11)12/h4-5,13H,2-3H2,1H3,(H,11,12)/b10-8-. The summed E-state index contributed by atoms with van der Waals surface area (Å²) in [4.78, 5) is 12.2. The minimum absolute atomic E-state index is 0.294. The predicted molar refractivity (Wildman–Crippen MR) is 54.3 cm³/mol. The van der Waals surface area contributed by atoms with E-state index in [-0.39, 0.29) is 5.71 Å². The number of nitrogens with zero attached hydrogens (tertiary/aromatic N) is 1. The summed E-state index contributed by atoms with van der Waals surface area (Å²) in [5.41, 5.74) is -0.294. The van der Waals surface area contributed by atoms with Crippen molar-refractivity contribution in [1.82, 2.24) is 0 Å². The van der Waals surface area contributed by atoms with Gasteiger partial charge < -0.3 is 10.3 Å². The molecule has 4 nitrogen and oxygen atoms in total. The largest absolute Gasteiger partial charge is 0.476 e. The highest BCUT2D eigenvalue weighted by molar-refractivity contribution is 7.14. The first-order valence-corrected chi connectivity index (χ1v) is 5.05. The summed E-state index contributed by atoms with van der Waals surface area (Å²) in [6, 6.07) is 3.52. The SMILES string of the molecule is CCCc1ccc(/C(=N/O)C(=O)O)s1. The number of oxime groups is 1. The normalized spacial score (nSPS) is 11.6. The topological polar surface area (TPSA) is 69.9 Å². The lowest BCUT2D eigenvalue weighted by molar-refractivity contribution is -0.129. The maximum atomic E-state index is 10.6. The predicted octanol–water partition coefficient (Wildman–Crippen LogP) is 1.96. The molecule has 0 fully saturated rings. The number of hydrogen-bond acceptors (Lipinski definition) is 4. The van der Waals surface area contributed by atoms with E-state index in [1.807, 2.05) is 6.07 Å². The van der Waals surface area contributed by atoms with Gasteiger partial charge in [0.25, 0.3) is 0 Å². The van der Waals surface area contributed by atoms with E-state index >= 15 is 0 Å². The maximum Gasteiger partial charge on any atom is 0.359 e. The molecule has 0 amide bonds. The Balaban J connectivity index is 2.90. The van der Waals surface area contributed by atoms with Crippen LogP contribution < -0.4 is 0 Å². The van der Waals surface area contributed by atoms with Gasteiger partial charge >= 0.3 is 5.97 Å². The van der Waals surface area contributed by atoms with Gasteiger partial charge in [-0.2, -0.15) is 0 Å². The Hall–Kier alpha value is -1.36. The van der Waals surface area contributed by atoms with Crippen LogP contribution in [0.5, 0.6) is 0 Å². The van der Waals surface area contributed by atoms with Gasteiger partial charge in [-0.05, 0) is 18.6 Å². The number of thiophene rings is 1. The highest BCUT2D eigenvalue weighted by Crippen LogP contribution is 2.18. The van der Waals surface area contributed by atoms with Crippen LogP contribution in [0, 0.1) is 0 Å². The van der Waals surface area contributed by atoms with Crippen molar-refractivity contribution in [3.8, 4) is 0 Å². The van der Waals surface area contributed by atoms with E-state index in [0.29, 0.717) is 4.88 Å². The first kappa shape index (κ1) is 10.7. The van der Waals surface area contributed by atoms with Gasteiger partial charge in [0.15, 0.2) is 0 Å². The second-order valence-electron chi connectivity index (χ2n) is 2.77. The van der Waals surface area contributed by atoms with Crippen molar-refractivity contribution < 1.29 is 15.1 Å². The zero-order valence-corrected chi connectivity index (χ0v) is 8.54. The van der Waals surface area contributed by atoms with E-state index in [9.17, 15) is 4.79 Å². The average molecular weight is 213 g/mol. The molecule has 0 aliphatic heterocycles. The fraction of sp³-hybridized carbons (Fsp3) is 0.333. The van der Waals surface area contributed by atoms with Crippen LogP contribution in [-0.4, -0.2) is 22.0 Å². The first-order chi connectivity index (χ1) is 6.69. The third-order valence-electron chi connectivity index (χ3n) is 1.69. The molecule has 0 saturated heterocycles. The summed E-state index contributed by atoms with van der Waals surface area (Å²) in [6.07, 6.45) is 1.93. The molecule has 0 aliphatic carbocycles. The van der Waals surface area contributed by atoms with E-state index < -0.39 is 5.97 Å². The number of carboxylic acid groups (broad SMARTS) is 1. The molecule has 0 aromatic carbocycles. The van der Waals surface area contributed by atoms with Gasteiger partial charge in [0, 0.05) is 4.88 Å². The fourth-order valence-corrected chi connectivity index (χ4v) is 2.17. The molecule has 1 aromatic heterocycles. The van der Waals surface area contributed by atoms with Crippen molar-refractivity contribution in [2.24, 2.45) is 5.16 Å². The van der Waals surface area contributed by atoms with Gasteiger partial charge in [-0.25, -0.2) is 4.79 Å². The van der Waals surface area contributed by atoms with Crippen LogP contribution in [0.4, 0.5) is 0 Å². The quantitative estimate of drug-likeness (QED) is 0.456. The van der Waals surface area contributed by atoms with E-state index in [1.165, 1.54) is 11.3 Å². The molecule has 0 spiro atoms. The van der Waals surface area contributed by atoms with Gasteiger partial charge in [0.1, 0.15) is 0 Å². The molecule has 1 rings (SSSR count). The Labute approximate surface area is 85.5 Å². The molecule has 0 radical (unpaired) electrons. The maximum absolute atomic E-state index is 10.6. The number of carboxylic acids is 1. The third-order valence-corrected chi connectivity index (χ3v) is 2.85. The van der Waals surface area contributed by atoms with Crippen molar-refractivity contribution in [1.29, 1.82) is 0 Å². The van der Waals surface area contributed by atoms with E-state index in [2.05, 4.69) is 12.1 Å². The second kappa shape index (κ2) is 4.76. The Morgan fingerprint density at radius 3 is 2.79 bits per heavy atom. The highest BCUT2D eigenvalue weighted by atomic mass is 32.1. The van der Waals surface area contributed by atoms with Crippen molar-refractivity contribution in [2.75, 3.05) is 0 Å². The number of aryl methyl sites for hydroxylation is 1. The number of hydrogen-bond donors (Lipinski definition) is 2. The Morgan fingerprint density at radius 1 is 1.57 bits per heavy atom. The van der Waals surface area contributed by atoms with Gasteiger partial charge in [0.2, 0.25) is 5.71 Å². The fourth-order valence-electron chi connectivity index (χ4n) is 1.08. The van der Waals surface area contributed by atoms with Crippen molar-refractivity contribution >= 4 is 23.0 Å². The molecule has 1 aromatic rings. The summed E-state index contributed by atoms with van der Waals surface area (Å²) in [7, 11) is 0. The molecule has 0 aliphatic rings. The number of carbonyl (C=O) groups is 1. The number of aliphatic carboxylic acids is 1. The van der Waals surface area contributed by atoms with E-state index in [4.69, 9.17) is 10.3 Å². The lowest BCUT2D eigenvalue weighted by Gasteiger charge is -1.93. The summed E-state index contributed by atoms with van der Waals surface area (Å²) in [5.74, 6) is -1.21. The molecule has 5 heteroatoms. The van der Waals surface area contributed by atoms with Crippen LogP contribution in [0.25, 0.3) is 0 Å². The van der Waals surface area contributed by atoms with Gasteiger partial charge in [-0.3, -0.25) is 0 Å². The van der Waals surface area contributed by atoms with E-state index in [1.54, 1.807) is 6.07 Å². The second-order valence-corrected chi connectivity index (χ2v) is 3.94. The Kier molecular flexibility index (Phi) is 3.64. The van der Waals surface area contributed by atoms with Crippen LogP contribution in [0.3, 0.4) is 0 Å². The summed E-state index contributed by atoms with van der Waals surface area (Å²) in [6.45, 7) is 2.05. The molecule has 1 heterocycles. The monoisotopic (exact) mass is 213 g/mol. The van der Waals surface area contributed by atoms with Crippen LogP contribution in [0.2, 0.25) is 0 Å². The van der Waals surface area contributed by atoms with Crippen molar-refractivity contribution in [3.05, 3.63) is 21.9 Å². The zero-order chi connectivity index (χ0) is 10.6. The van der Waals surface area contributed by atoms with Crippen LogP contribution in [0.15, 0.2) is 17.3 Å². The zero-order valence-electron chi connectivity index (χ0n) is 7.73. The van der Waals surface area contributed by atoms with Crippen LogP contribution in [-0.2, 0) is 11.2 Å². The van der Waals surface area contributed by atoms with Gasteiger partial charge in [-0.1, -0.05) is 18.5 Å². The van der Waals surface area contributed by atoms with E-state index in [0.717, 1.165) is 17.7 Å². The highest BCUT2D eigenvalue weighted by Gasteiger charge is 2.15. The Morgan fingerprint density at radius 2 is 2.29 bits per heavy atom. The molecule has 0 saturated carbocycles. The molecule has 76 valence electrons. The molecule has 0 unspecified atom stereocenters. The Bertz CT molecular complexity index is 357. The smallest absolute Gasteiger partial charge is 0.359 e. The van der Waals surface area contributed by atoms with Gasteiger partial charge in [-0.15, -0.1) is 11.3 Å². The molecule has 14 heavy (non-hydrogen) atoms. The molecular weight excluding hydrogens is 202 g/mol. The molecule has 0 bridgehead atoms.